The van der Waals surface area contributed by atoms with Gasteiger partial charge in [-0.2, -0.15) is 0 Å². The predicted octanol–water partition coefficient (Wildman–Crippen LogP) is 2.10. The van der Waals surface area contributed by atoms with E-state index in [1.807, 2.05) is 0 Å². The van der Waals surface area contributed by atoms with E-state index in [1.54, 1.807) is 12.1 Å². The number of carbonyl (C=O) groups is 2. The van der Waals surface area contributed by atoms with Crippen LogP contribution >= 0.6 is 0 Å². The number of aliphatic hydroxyl groups excluding tert-OH is 1. The Balaban J connectivity index is 2.10. The number of Topliss-reactive ketones (excluding diaryl/α,β-unsaturated/α-hetero) is 1. The molecule has 1 aliphatic rings. The molecule has 0 radical (unpaired) electrons. The lowest BCUT2D eigenvalue weighted by molar-refractivity contribution is -0.140. The first kappa shape index (κ1) is 24.4. The molecule has 0 bridgehead atoms. The van der Waals surface area contributed by atoms with Crippen molar-refractivity contribution >= 4 is 27.5 Å². The fraction of sp³-hybridized carbons (Fsp3) is 0.304. The van der Waals surface area contributed by atoms with Crippen molar-refractivity contribution in [3.05, 3.63) is 65.2 Å². The van der Waals surface area contributed by atoms with E-state index in [1.165, 1.54) is 62.5 Å². The number of phenolic OH excluding ortho intramolecular Hbond substituents is 1. The van der Waals surface area contributed by atoms with Crippen molar-refractivity contribution in [3.63, 3.8) is 0 Å². The maximum Gasteiger partial charge on any atom is 0.295 e. The molecule has 2 aromatic rings. The smallest absolute Gasteiger partial charge is 0.295 e. The first-order valence-corrected chi connectivity index (χ1v) is 11.6. The molecule has 2 N–H and O–H groups in total. The van der Waals surface area contributed by atoms with Gasteiger partial charge in [-0.1, -0.05) is 12.1 Å². The Morgan fingerprint density at radius 2 is 1.79 bits per heavy atom. The normalized spacial score (nSPS) is 18.3. The number of aromatic hydroxyl groups is 1. The summed E-state index contributed by atoms with van der Waals surface area (Å²) in [5.41, 5.74) is 0.513. The summed E-state index contributed by atoms with van der Waals surface area (Å²) in [6.45, 7) is 0.576. The van der Waals surface area contributed by atoms with E-state index in [9.17, 15) is 28.2 Å². The van der Waals surface area contributed by atoms with Gasteiger partial charge in [0.15, 0.2) is 0 Å². The highest BCUT2D eigenvalue weighted by Crippen LogP contribution is 2.40. The van der Waals surface area contributed by atoms with E-state index in [-0.39, 0.29) is 28.3 Å². The summed E-state index contributed by atoms with van der Waals surface area (Å²) >= 11 is 0. The Morgan fingerprint density at radius 3 is 2.36 bits per heavy atom. The van der Waals surface area contributed by atoms with Crippen molar-refractivity contribution < 1.29 is 33.0 Å². The molecule has 0 aliphatic carbocycles. The average Bonchev–Trinajstić information content (AvgIpc) is 3.03. The molecule has 1 atom stereocenters. The van der Waals surface area contributed by atoms with Crippen LogP contribution in [0.25, 0.3) is 5.76 Å². The molecule has 0 aromatic heterocycles. The minimum atomic E-state index is -3.67. The van der Waals surface area contributed by atoms with E-state index in [4.69, 9.17) is 4.74 Å². The molecule has 0 unspecified atom stereocenters. The fourth-order valence-corrected chi connectivity index (χ4v) is 4.58. The molecule has 1 amide bonds. The van der Waals surface area contributed by atoms with E-state index in [2.05, 4.69) is 0 Å². The highest BCUT2D eigenvalue weighted by Gasteiger charge is 2.45. The van der Waals surface area contributed by atoms with Gasteiger partial charge in [0.1, 0.15) is 11.5 Å². The first-order chi connectivity index (χ1) is 15.6. The topological polar surface area (TPSA) is 124 Å². The second kappa shape index (κ2) is 9.74. The minimum absolute atomic E-state index is 0.0219. The lowest BCUT2D eigenvalue weighted by Gasteiger charge is -2.25. The fourth-order valence-electron chi connectivity index (χ4n) is 3.68. The average molecular weight is 475 g/mol. The molecule has 1 heterocycles. The second-order valence-corrected chi connectivity index (χ2v) is 9.90. The molecular formula is C23H26N2O7S. The van der Waals surface area contributed by atoms with Gasteiger partial charge < -0.3 is 19.8 Å². The number of amides is 1. The van der Waals surface area contributed by atoms with Crippen LogP contribution in [0.15, 0.2) is 59.0 Å². The van der Waals surface area contributed by atoms with Gasteiger partial charge >= 0.3 is 0 Å². The quantitative estimate of drug-likeness (QED) is 0.260. The van der Waals surface area contributed by atoms with Gasteiger partial charge in [-0.25, -0.2) is 12.7 Å². The van der Waals surface area contributed by atoms with Crippen LogP contribution in [0, 0.1) is 0 Å². The van der Waals surface area contributed by atoms with Gasteiger partial charge in [-0.15, -0.1) is 0 Å². The van der Waals surface area contributed by atoms with Crippen LogP contribution in [0.1, 0.15) is 23.6 Å². The second-order valence-electron chi connectivity index (χ2n) is 7.75. The largest absolute Gasteiger partial charge is 0.508 e. The number of ketones is 1. The summed E-state index contributed by atoms with van der Waals surface area (Å²) in [4.78, 5) is 27.1. The molecule has 2 aromatic carbocycles. The number of carbonyl (C=O) groups excluding carboxylic acids is 2. The minimum Gasteiger partial charge on any atom is -0.508 e. The third-order valence-electron chi connectivity index (χ3n) is 5.38. The molecule has 33 heavy (non-hydrogen) atoms. The molecule has 176 valence electrons. The van der Waals surface area contributed by atoms with Gasteiger partial charge in [0.05, 0.1) is 16.5 Å². The number of methoxy groups -OCH3 is 1. The van der Waals surface area contributed by atoms with Crippen molar-refractivity contribution in [2.75, 3.05) is 34.4 Å². The molecule has 0 spiro atoms. The van der Waals surface area contributed by atoms with E-state index in [0.717, 1.165) is 4.31 Å². The molecule has 3 rings (SSSR count). The molecule has 0 saturated carbocycles. The zero-order valence-electron chi connectivity index (χ0n) is 18.6. The SMILES string of the molecule is COCCCN1C(=O)C(=O)C(=C(O)c2ccc(S(=O)(=O)N(C)C)cc2)[C@@H]1c1cccc(O)c1. The maximum absolute atomic E-state index is 12.9. The summed E-state index contributed by atoms with van der Waals surface area (Å²) in [6, 6.07) is 10.6. The van der Waals surface area contributed by atoms with E-state index >= 15 is 0 Å². The van der Waals surface area contributed by atoms with Crippen LogP contribution in [-0.4, -0.2) is 73.9 Å². The summed E-state index contributed by atoms with van der Waals surface area (Å²) in [5.74, 6) is -2.10. The first-order valence-electron chi connectivity index (χ1n) is 10.2. The zero-order valence-corrected chi connectivity index (χ0v) is 19.4. The van der Waals surface area contributed by atoms with Crippen LogP contribution in [0.2, 0.25) is 0 Å². The van der Waals surface area contributed by atoms with Gasteiger partial charge in [0.25, 0.3) is 11.7 Å². The van der Waals surface area contributed by atoms with Gasteiger partial charge in [-0.05, 0) is 48.4 Å². The van der Waals surface area contributed by atoms with Crippen molar-refractivity contribution in [2.24, 2.45) is 0 Å². The number of likely N-dealkylation sites (tertiary alicyclic amines) is 1. The maximum atomic E-state index is 12.9. The van der Waals surface area contributed by atoms with Gasteiger partial charge in [-0.3, -0.25) is 9.59 Å². The van der Waals surface area contributed by atoms with Crippen LogP contribution in [0.4, 0.5) is 0 Å². The Hall–Kier alpha value is -3.21. The van der Waals surface area contributed by atoms with Gasteiger partial charge in [0.2, 0.25) is 10.0 Å². The molecule has 9 nitrogen and oxygen atoms in total. The lowest BCUT2D eigenvalue weighted by Crippen LogP contribution is -2.31. The highest BCUT2D eigenvalue weighted by atomic mass is 32.2. The van der Waals surface area contributed by atoms with Crippen LogP contribution in [-0.2, 0) is 24.3 Å². The molecule has 1 fully saturated rings. The molecular weight excluding hydrogens is 448 g/mol. The highest BCUT2D eigenvalue weighted by molar-refractivity contribution is 7.89. The Kier molecular flexibility index (Phi) is 7.21. The van der Waals surface area contributed by atoms with Crippen LogP contribution < -0.4 is 0 Å². The Bertz CT molecular complexity index is 1190. The third-order valence-corrected chi connectivity index (χ3v) is 7.21. The predicted molar refractivity (Wildman–Crippen MR) is 121 cm³/mol. The summed E-state index contributed by atoms with van der Waals surface area (Å²) in [6.07, 6.45) is 0.468. The number of benzene rings is 2. The molecule has 1 saturated heterocycles. The molecule has 1 aliphatic heterocycles. The van der Waals surface area contributed by atoms with E-state index < -0.39 is 33.5 Å². The third kappa shape index (κ3) is 4.77. The number of hydrogen-bond donors (Lipinski definition) is 2. The van der Waals surface area contributed by atoms with Crippen LogP contribution in [0.5, 0.6) is 5.75 Å². The Morgan fingerprint density at radius 1 is 1.12 bits per heavy atom. The number of aliphatic hydroxyl groups is 1. The van der Waals surface area contributed by atoms with E-state index in [0.29, 0.717) is 18.6 Å². The zero-order chi connectivity index (χ0) is 24.3. The number of phenols is 1. The van der Waals surface area contributed by atoms with Crippen molar-refractivity contribution in [1.82, 2.24) is 9.21 Å². The number of ether oxygens (including phenoxy) is 1. The van der Waals surface area contributed by atoms with Crippen molar-refractivity contribution in [3.8, 4) is 5.75 Å². The molecule has 10 heteroatoms. The monoisotopic (exact) mass is 474 g/mol. The Labute approximate surface area is 192 Å². The van der Waals surface area contributed by atoms with Gasteiger partial charge in [0, 0.05) is 39.9 Å². The number of hydrogen-bond acceptors (Lipinski definition) is 7. The number of sulfonamides is 1. The summed E-state index contributed by atoms with van der Waals surface area (Å²) in [5, 5.41) is 21.0. The number of nitrogens with zero attached hydrogens (tertiary/aromatic N) is 2. The van der Waals surface area contributed by atoms with Crippen LogP contribution in [0.3, 0.4) is 0 Å². The summed E-state index contributed by atoms with van der Waals surface area (Å²) in [7, 11) is 0.670. The standard InChI is InChI=1S/C23H26N2O7S/c1-24(2)33(30,31)18-10-8-15(9-11-18)21(27)19-20(16-6-4-7-17(26)14-16)25(12-5-13-32-3)23(29)22(19)28/h4,6-11,14,20,26-27H,5,12-13H2,1-3H3/t20-/m0/s1. The van der Waals surface area contributed by atoms with Crippen molar-refractivity contribution in [1.29, 1.82) is 0 Å². The lowest BCUT2D eigenvalue weighted by atomic mass is 9.95. The number of rotatable bonds is 8. The summed E-state index contributed by atoms with van der Waals surface area (Å²) < 4.78 is 30.7. The van der Waals surface area contributed by atoms with Crippen molar-refractivity contribution in [2.45, 2.75) is 17.4 Å².